The highest BCUT2D eigenvalue weighted by molar-refractivity contribution is 5.48. The van der Waals surface area contributed by atoms with Crippen LogP contribution in [-0.4, -0.2) is 18.1 Å². The molecule has 0 spiro atoms. The lowest BCUT2D eigenvalue weighted by Gasteiger charge is -2.28. The van der Waals surface area contributed by atoms with Gasteiger partial charge in [-0.2, -0.15) is 0 Å². The minimum absolute atomic E-state index is 0.560. The Morgan fingerprint density at radius 2 is 2.19 bits per heavy atom. The van der Waals surface area contributed by atoms with Crippen LogP contribution in [0.3, 0.4) is 0 Å². The summed E-state index contributed by atoms with van der Waals surface area (Å²) in [6.45, 7) is 4.87. The van der Waals surface area contributed by atoms with E-state index >= 15 is 0 Å². The zero-order chi connectivity index (χ0) is 11.7. The maximum Gasteiger partial charge on any atom is 0.133 e. The third kappa shape index (κ3) is 2.19. The summed E-state index contributed by atoms with van der Waals surface area (Å²) in [6.07, 6.45) is 2.71. The molecule has 1 aromatic rings. The Balaban J connectivity index is 2.26. The molecule has 1 heterocycles. The zero-order valence-corrected chi connectivity index (χ0v) is 10.4. The number of anilines is 1. The van der Waals surface area contributed by atoms with Crippen molar-refractivity contribution < 1.29 is 0 Å². The first-order chi connectivity index (χ1) is 7.63. The Kier molecular flexibility index (Phi) is 3.15. The zero-order valence-electron chi connectivity index (χ0n) is 10.4. The number of rotatable bonds is 4. The van der Waals surface area contributed by atoms with E-state index in [0.29, 0.717) is 12.6 Å². The van der Waals surface area contributed by atoms with Gasteiger partial charge in [0, 0.05) is 30.9 Å². The molecule has 16 heavy (non-hydrogen) atoms. The topological polar surface area (TPSA) is 42.1 Å². The molecular formula is C13H21N3. The molecule has 1 fully saturated rings. The number of nitrogens with two attached hydrogens (primary N) is 1. The first kappa shape index (κ1) is 11.4. The molecule has 0 radical (unpaired) electrons. The first-order valence-electron chi connectivity index (χ1n) is 6.03. The molecule has 2 N–H and O–H groups in total. The fourth-order valence-electron chi connectivity index (χ4n) is 2.12. The lowest BCUT2D eigenvalue weighted by molar-refractivity contribution is 0.601. The second kappa shape index (κ2) is 4.42. The Morgan fingerprint density at radius 1 is 1.50 bits per heavy atom. The fraction of sp³-hybridized carbons (Fsp3) is 0.615. The van der Waals surface area contributed by atoms with E-state index in [1.807, 2.05) is 13.0 Å². The van der Waals surface area contributed by atoms with Gasteiger partial charge in [0.2, 0.25) is 0 Å². The highest BCUT2D eigenvalue weighted by Gasteiger charge is 2.31. The van der Waals surface area contributed by atoms with Crippen molar-refractivity contribution >= 4 is 5.82 Å². The van der Waals surface area contributed by atoms with Gasteiger partial charge in [-0.15, -0.1) is 0 Å². The van der Waals surface area contributed by atoms with Crippen molar-refractivity contribution in [2.75, 3.05) is 11.9 Å². The number of nitrogens with zero attached hydrogens (tertiary/aromatic N) is 2. The highest BCUT2D eigenvalue weighted by Crippen LogP contribution is 2.36. The van der Waals surface area contributed by atoms with Crippen LogP contribution in [0.15, 0.2) is 12.1 Å². The molecule has 1 aromatic heterocycles. The van der Waals surface area contributed by atoms with Crippen molar-refractivity contribution in [2.24, 2.45) is 11.7 Å². The van der Waals surface area contributed by atoms with E-state index in [1.54, 1.807) is 0 Å². The third-order valence-corrected chi connectivity index (χ3v) is 3.56. The van der Waals surface area contributed by atoms with Gasteiger partial charge in [0.15, 0.2) is 0 Å². The van der Waals surface area contributed by atoms with Crippen LogP contribution >= 0.6 is 0 Å². The lowest BCUT2D eigenvalue weighted by Crippen LogP contribution is -2.32. The van der Waals surface area contributed by atoms with Gasteiger partial charge in [0.25, 0.3) is 0 Å². The average Bonchev–Trinajstić information content (AvgIpc) is 3.11. The maximum atomic E-state index is 5.76. The van der Waals surface area contributed by atoms with Crippen LogP contribution in [0.25, 0.3) is 0 Å². The summed E-state index contributed by atoms with van der Waals surface area (Å²) in [7, 11) is 2.13. The number of aryl methyl sites for hydroxylation is 1. The Labute approximate surface area is 97.7 Å². The molecule has 3 nitrogen and oxygen atoms in total. The first-order valence-corrected chi connectivity index (χ1v) is 6.03. The summed E-state index contributed by atoms with van der Waals surface area (Å²) in [6, 6.07) is 4.69. The number of hydrogen-bond acceptors (Lipinski definition) is 3. The summed E-state index contributed by atoms with van der Waals surface area (Å²) in [5.41, 5.74) is 7.96. The number of aromatic nitrogens is 1. The molecule has 1 aliphatic carbocycles. The molecule has 0 saturated heterocycles. The SMILES string of the molecule is Cc1ccc(CN)c(N(C)C(C)C2CC2)n1. The van der Waals surface area contributed by atoms with Crippen LogP contribution in [0.2, 0.25) is 0 Å². The molecule has 1 unspecified atom stereocenters. The largest absolute Gasteiger partial charge is 0.356 e. The minimum Gasteiger partial charge on any atom is -0.356 e. The van der Waals surface area contributed by atoms with E-state index in [2.05, 4.69) is 29.9 Å². The van der Waals surface area contributed by atoms with E-state index in [4.69, 9.17) is 5.73 Å². The second-order valence-corrected chi connectivity index (χ2v) is 4.83. The summed E-state index contributed by atoms with van der Waals surface area (Å²) < 4.78 is 0. The summed E-state index contributed by atoms with van der Waals surface area (Å²) >= 11 is 0. The van der Waals surface area contributed by atoms with Gasteiger partial charge in [-0.25, -0.2) is 4.98 Å². The van der Waals surface area contributed by atoms with Gasteiger partial charge in [-0.3, -0.25) is 0 Å². The predicted molar refractivity (Wildman–Crippen MR) is 67.5 cm³/mol. The average molecular weight is 219 g/mol. The lowest BCUT2D eigenvalue weighted by atomic mass is 10.1. The molecule has 1 saturated carbocycles. The van der Waals surface area contributed by atoms with Crippen LogP contribution in [0.5, 0.6) is 0 Å². The Morgan fingerprint density at radius 3 is 2.75 bits per heavy atom. The molecular weight excluding hydrogens is 198 g/mol. The van der Waals surface area contributed by atoms with Crippen molar-refractivity contribution in [3.63, 3.8) is 0 Å². The van der Waals surface area contributed by atoms with Crippen molar-refractivity contribution in [2.45, 2.75) is 39.3 Å². The van der Waals surface area contributed by atoms with Crippen molar-refractivity contribution in [1.82, 2.24) is 4.98 Å². The van der Waals surface area contributed by atoms with E-state index < -0.39 is 0 Å². The normalized spacial score (nSPS) is 17.2. The minimum atomic E-state index is 0.560. The molecule has 0 aliphatic heterocycles. The standard InChI is InChI=1S/C13H21N3/c1-9-4-5-12(8-14)13(15-9)16(3)10(2)11-6-7-11/h4-5,10-11H,6-8,14H2,1-3H3. The smallest absolute Gasteiger partial charge is 0.133 e. The van der Waals surface area contributed by atoms with Crippen molar-refractivity contribution in [1.29, 1.82) is 0 Å². The molecule has 0 amide bonds. The molecule has 1 atom stereocenters. The van der Waals surface area contributed by atoms with E-state index in [-0.39, 0.29) is 0 Å². The van der Waals surface area contributed by atoms with Gasteiger partial charge >= 0.3 is 0 Å². The van der Waals surface area contributed by atoms with Crippen LogP contribution in [0.1, 0.15) is 31.0 Å². The molecule has 0 bridgehead atoms. The summed E-state index contributed by atoms with van der Waals surface area (Å²) in [5.74, 6) is 1.90. The molecule has 88 valence electrons. The summed E-state index contributed by atoms with van der Waals surface area (Å²) in [4.78, 5) is 6.91. The van der Waals surface area contributed by atoms with E-state index in [9.17, 15) is 0 Å². The van der Waals surface area contributed by atoms with E-state index in [1.165, 1.54) is 12.8 Å². The van der Waals surface area contributed by atoms with Crippen LogP contribution in [-0.2, 0) is 6.54 Å². The monoisotopic (exact) mass is 219 g/mol. The summed E-state index contributed by atoms with van der Waals surface area (Å²) in [5, 5.41) is 0. The Hall–Kier alpha value is -1.09. The molecule has 1 aliphatic rings. The van der Waals surface area contributed by atoms with Crippen LogP contribution in [0.4, 0.5) is 5.82 Å². The van der Waals surface area contributed by atoms with Gasteiger partial charge in [0.05, 0.1) is 0 Å². The van der Waals surface area contributed by atoms with E-state index in [0.717, 1.165) is 23.0 Å². The molecule has 3 heteroatoms. The van der Waals surface area contributed by atoms with Crippen molar-refractivity contribution in [3.05, 3.63) is 23.4 Å². The number of hydrogen-bond donors (Lipinski definition) is 1. The highest BCUT2D eigenvalue weighted by atomic mass is 15.2. The fourth-order valence-corrected chi connectivity index (χ4v) is 2.12. The van der Waals surface area contributed by atoms with Gasteiger partial charge in [-0.05, 0) is 38.7 Å². The van der Waals surface area contributed by atoms with Gasteiger partial charge in [0.1, 0.15) is 5.82 Å². The number of pyridine rings is 1. The van der Waals surface area contributed by atoms with Gasteiger partial charge < -0.3 is 10.6 Å². The van der Waals surface area contributed by atoms with Crippen LogP contribution < -0.4 is 10.6 Å². The molecule has 0 aromatic carbocycles. The third-order valence-electron chi connectivity index (χ3n) is 3.56. The second-order valence-electron chi connectivity index (χ2n) is 4.83. The predicted octanol–water partition coefficient (Wildman–Crippen LogP) is 2.08. The molecule has 2 rings (SSSR count). The van der Waals surface area contributed by atoms with Gasteiger partial charge in [-0.1, -0.05) is 6.07 Å². The maximum absolute atomic E-state index is 5.76. The Bertz CT molecular complexity index is 371. The van der Waals surface area contributed by atoms with Crippen LogP contribution in [0, 0.1) is 12.8 Å². The van der Waals surface area contributed by atoms with Crippen molar-refractivity contribution in [3.8, 4) is 0 Å². The quantitative estimate of drug-likeness (QED) is 0.843.